The van der Waals surface area contributed by atoms with Gasteiger partial charge in [0, 0.05) is 43.4 Å². The predicted molar refractivity (Wildman–Crippen MR) is 108 cm³/mol. The average molecular weight is 431 g/mol. The van der Waals surface area contributed by atoms with Crippen molar-refractivity contribution in [3.05, 3.63) is 30.1 Å². The van der Waals surface area contributed by atoms with Gasteiger partial charge in [0.05, 0.1) is 6.07 Å². The number of likely N-dealkylation sites (tertiary alicyclic amines) is 1. The molecule has 1 saturated heterocycles. The molecule has 1 aliphatic heterocycles. The monoisotopic (exact) mass is 431 g/mol. The molecule has 3 fully saturated rings. The lowest BCUT2D eigenvalue weighted by molar-refractivity contribution is -0.127. The largest absolute Gasteiger partial charge is 0.351 e. The number of aromatic nitrogens is 1. The quantitative estimate of drug-likeness (QED) is 0.691. The second kappa shape index (κ2) is 7.74. The molecule has 7 nitrogen and oxygen atoms in total. The number of nitriles is 1. The lowest BCUT2D eigenvalue weighted by Crippen LogP contribution is -2.44. The van der Waals surface area contributed by atoms with E-state index in [9.17, 15) is 23.6 Å². The number of primary amides is 1. The smallest absolute Gasteiger partial charge is 0.314 e. The number of urea groups is 1. The van der Waals surface area contributed by atoms with E-state index < -0.39 is 29.8 Å². The summed E-state index contributed by atoms with van der Waals surface area (Å²) in [6.07, 6.45) is 5.65. The summed E-state index contributed by atoms with van der Waals surface area (Å²) >= 11 is 0. The average Bonchev–Trinajstić information content (AvgIpc) is 3.67. The maximum absolute atomic E-state index is 14.8. The second-order valence-corrected chi connectivity index (χ2v) is 9.27. The van der Waals surface area contributed by atoms with Crippen molar-refractivity contribution < 1.29 is 18.4 Å². The van der Waals surface area contributed by atoms with Crippen molar-refractivity contribution in [3.8, 4) is 6.07 Å². The fourth-order valence-electron chi connectivity index (χ4n) is 5.01. The third-order valence-corrected chi connectivity index (χ3v) is 7.34. The van der Waals surface area contributed by atoms with Gasteiger partial charge in [-0.1, -0.05) is 0 Å². The van der Waals surface area contributed by atoms with Crippen molar-refractivity contribution >= 4 is 11.9 Å². The number of pyridine rings is 1. The Bertz CT molecular complexity index is 889. The molecule has 1 spiro atoms. The van der Waals surface area contributed by atoms with Crippen LogP contribution < -0.4 is 11.1 Å². The topological polar surface area (TPSA) is 112 Å². The van der Waals surface area contributed by atoms with Crippen LogP contribution in [0.1, 0.15) is 50.5 Å². The molecular weight excluding hydrogens is 404 g/mol. The van der Waals surface area contributed by atoms with E-state index >= 15 is 0 Å². The van der Waals surface area contributed by atoms with Gasteiger partial charge in [0.15, 0.2) is 0 Å². The van der Waals surface area contributed by atoms with Crippen LogP contribution >= 0.6 is 0 Å². The van der Waals surface area contributed by atoms with E-state index in [1.165, 1.54) is 24.5 Å². The number of hydrogen-bond donors (Lipinski definition) is 2. The summed E-state index contributed by atoms with van der Waals surface area (Å²) in [5.41, 5.74) is 4.31. The molecule has 2 heterocycles. The molecule has 2 saturated carbocycles. The minimum Gasteiger partial charge on any atom is -0.351 e. The highest BCUT2D eigenvalue weighted by Gasteiger charge is 2.60. The molecule has 3 aliphatic rings. The van der Waals surface area contributed by atoms with Gasteiger partial charge in [0.1, 0.15) is 5.54 Å². The number of amides is 3. The van der Waals surface area contributed by atoms with Crippen molar-refractivity contribution in [2.24, 2.45) is 23.0 Å². The number of carbonyl (C=O) groups is 2. The van der Waals surface area contributed by atoms with E-state index in [0.29, 0.717) is 38.8 Å². The first-order valence-corrected chi connectivity index (χ1v) is 10.8. The molecule has 9 heteroatoms. The van der Waals surface area contributed by atoms with Gasteiger partial charge in [-0.3, -0.25) is 9.78 Å². The molecule has 1 unspecified atom stereocenters. The third-order valence-electron chi connectivity index (χ3n) is 7.34. The standard InChI is InChI=1S/C22H27F2N5O2/c23-22(24,15-2-9-27-10-3-15)4-1-16(18(30)28-21(14-25)5-6-21)17-13-20(17)7-11-29(12-8-20)19(26)31/h2-3,9-10,16-17H,1,4-8,11-13H2,(H2,26,31)(H,28,30)/t16-,17?/m0/s1. The fraction of sp³-hybridized carbons (Fsp3) is 0.636. The van der Waals surface area contributed by atoms with Crippen molar-refractivity contribution in [2.75, 3.05) is 13.1 Å². The number of alkyl halides is 2. The van der Waals surface area contributed by atoms with Crippen LogP contribution in [-0.4, -0.2) is 40.5 Å². The van der Waals surface area contributed by atoms with Gasteiger partial charge in [-0.2, -0.15) is 5.26 Å². The summed E-state index contributed by atoms with van der Waals surface area (Å²) in [6.45, 7) is 1.05. The zero-order valence-electron chi connectivity index (χ0n) is 17.3. The van der Waals surface area contributed by atoms with Crippen LogP contribution in [0.4, 0.5) is 13.6 Å². The zero-order valence-corrected chi connectivity index (χ0v) is 17.3. The van der Waals surface area contributed by atoms with Gasteiger partial charge in [-0.05, 0) is 62.0 Å². The Kier molecular flexibility index (Phi) is 5.36. The van der Waals surface area contributed by atoms with Crippen molar-refractivity contribution in [3.63, 3.8) is 0 Å². The molecule has 1 aromatic heterocycles. The molecule has 0 radical (unpaired) electrons. The van der Waals surface area contributed by atoms with Gasteiger partial charge in [-0.15, -0.1) is 0 Å². The minimum atomic E-state index is -3.06. The summed E-state index contributed by atoms with van der Waals surface area (Å²) in [4.78, 5) is 29.9. The first-order valence-electron chi connectivity index (χ1n) is 10.8. The van der Waals surface area contributed by atoms with E-state index in [0.717, 1.165) is 6.42 Å². The summed E-state index contributed by atoms with van der Waals surface area (Å²) in [7, 11) is 0. The van der Waals surface area contributed by atoms with E-state index in [1.54, 1.807) is 4.90 Å². The third kappa shape index (κ3) is 4.34. The Labute approximate surface area is 180 Å². The van der Waals surface area contributed by atoms with Gasteiger partial charge in [0.2, 0.25) is 5.91 Å². The van der Waals surface area contributed by atoms with Crippen LogP contribution in [0.15, 0.2) is 24.5 Å². The molecule has 2 atom stereocenters. The van der Waals surface area contributed by atoms with Crippen LogP contribution in [0.3, 0.4) is 0 Å². The number of halogens is 2. The number of nitrogens with two attached hydrogens (primary N) is 1. The first kappa shape index (κ1) is 21.5. The van der Waals surface area contributed by atoms with Crippen LogP contribution in [0.2, 0.25) is 0 Å². The Hall–Kier alpha value is -2.76. The Morgan fingerprint density at radius 1 is 1.29 bits per heavy atom. The normalized spacial score (nSPS) is 24.2. The molecule has 1 aromatic rings. The molecule has 31 heavy (non-hydrogen) atoms. The van der Waals surface area contributed by atoms with Crippen LogP contribution in [0.25, 0.3) is 0 Å². The van der Waals surface area contributed by atoms with Crippen molar-refractivity contribution in [1.29, 1.82) is 5.26 Å². The van der Waals surface area contributed by atoms with E-state index in [-0.39, 0.29) is 29.2 Å². The highest BCUT2D eigenvalue weighted by molar-refractivity contribution is 5.81. The van der Waals surface area contributed by atoms with E-state index in [4.69, 9.17) is 5.73 Å². The summed E-state index contributed by atoms with van der Waals surface area (Å²) in [6, 6.07) is 4.27. The predicted octanol–water partition coefficient (Wildman–Crippen LogP) is 2.92. The summed E-state index contributed by atoms with van der Waals surface area (Å²) in [5.74, 6) is -3.97. The maximum Gasteiger partial charge on any atom is 0.314 e. The lowest BCUT2D eigenvalue weighted by atomic mass is 9.83. The number of carbonyl (C=O) groups excluding carboxylic acids is 2. The Morgan fingerprint density at radius 2 is 1.94 bits per heavy atom. The van der Waals surface area contributed by atoms with Crippen LogP contribution in [0, 0.1) is 28.6 Å². The molecule has 3 N–H and O–H groups in total. The Morgan fingerprint density at radius 3 is 2.48 bits per heavy atom. The molecule has 3 amide bonds. The van der Waals surface area contributed by atoms with Gasteiger partial charge in [-0.25, -0.2) is 13.6 Å². The summed E-state index contributed by atoms with van der Waals surface area (Å²) in [5, 5.41) is 12.2. The summed E-state index contributed by atoms with van der Waals surface area (Å²) < 4.78 is 29.6. The van der Waals surface area contributed by atoms with Gasteiger partial charge < -0.3 is 16.0 Å². The van der Waals surface area contributed by atoms with Gasteiger partial charge >= 0.3 is 6.03 Å². The Balaban J connectivity index is 1.46. The number of hydrogen-bond acceptors (Lipinski definition) is 4. The first-order chi connectivity index (χ1) is 14.7. The van der Waals surface area contributed by atoms with Crippen molar-refractivity contribution in [1.82, 2.24) is 15.2 Å². The van der Waals surface area contributed by atoms with E-state index in [2.05, 4.69) is 16.4 Å². The number of nitrogens with zero attached hydrogens (tertiary/aromatic N) is 3. The SMILES string of the molecule is N#CC1(NC(=O)[C@@H](CCC(F)(F)c2ccncc2)C2CC23CCN(C(N)=O)CC3)CC1. The molecule has 4 rings (SSSR count). The molecule has 2 aliphatic carbocycles. The van der Waals surface area contributed by atoms with E-state index in [1.807, 2.05) is 0 Å². The molecule has 0 bridgehead atoms. The molecule has 0 aromatic carbocycles. The number of rotatable bonds is 7. The van der Waals surface area contributed by atoms with Crippen LogP contribution in [-0.2, 0) is 10.7 Å². The fourth-order valence-corrected chi connectivity index (χ4v) is 5.01. The van der Waals surface area contributed by atoms with Crippen molar-refractivity contribution in [2.45, 2.75) is 56.4 Å². The maximum atomic E-state index is 14.8. The lowest BCUT2D eigenvalue weighted by Gasteiger charge is -2.33. The second-order valence-electron chi connectivity index (χ2n) is 9.27. The van der Waals surface area contributed by atoms with Gasteiger partial charge in [0.25, 0.3) is 5.92 Å². The highest BCUT2D eigenvalue weighted by atomic mass is 19.3. The molecule has 166 valence electrons. The zero-order chi connectivity index (χ0) is 22.3. The number of nitrogens with one attached hydrogen (secondary N) is 1. The number of piperidine rings is 1. The minimum absolute atomic E-state index is 0.0229. The van der Waals surface area contributed by atoms with Crippen LogP contribution in [0.5, 0.6) is 0 Å². The highest BCUT2D eigenvalue weighted by Crippen LogP contribution is 2.63. The molecular formula is C22H27F2N5O2.